The molecule has 0 aliphatic rings. The maximum Gasteiger partial charge on any atom is 0.143 e. The van der Waals surface area contributed by atoms with E-state index in [1.165, 1.54) is 16.7 Å². The van der Waals surface area contributed by atoms with E-state index in [1.807, 2.05) is 18.2 Å². The molecule has 0 saturated carbocycles. The first kappa shape index (κ1) is 14.4. The highest BCUT2D eigenvalue weighted by atomic mass is 79.9. The second-order valence-electron chi connectivity index (χ2n) is 4.59. The van der Waals surface area contributed by atoms with Gasteiger partial charge in [-0.05, 0) is 69.0 Å². The molecule has 0 radical (unpaired) electrons. The van der Waals surface area contributed by atoms with Crippen LogP contribution in [0.25, 0.3) is 12.2 Å². The van der Waals surface area contributed by atoms with Gasteiger partial charge in [-0.15, -0.1) is 0 Å². The number of benzene rings is 2. The molecule has 0 bridgehead atoms. The third-order valence-corrected chi connectivity index (χ3v) is 3.96. The largest absolute Gasteiger partial charge is 0.506 e. The molecule has 0 amide bonds. The zero-order valence-corrected chi connectivity index (χ0v) is 13.9. The fraction of sp³-hybridized carbons (Fsp3) is 0.125. The second-order valence-corrected chi connectivity index (χ2v) is 6.30. The van der Waals surface area contributed by atoms with Crippen molar-refractivity contribution in [3.8, 4) is 5.75 Å². The van der Waals surface area contributed by atoms with Gasteiger partial charge in [0.2, 0.25) is 0 Å². The third-order valence-electron chi connectivity index (χ3n) is 2.75. The summed E-state index contributed by atoms with van der Waals surface area (Å²) in [5.41, 5.74) is 4.72. The molecule has 1 nitrogen and oxygen atoms in total. The van der Waals surface area contributed by atoms with Crippen LogP contribution in [0.1, 0.15) is 22.3 Å². The molecule has 0 unspecified atom stereocenters. The second kappa shape index (κ2) is 5.93. The lowest BCUT2D eigenvalue weighted by atomic mass is 10.1. The van der Waals surface area contributed by atoms with E-state index >= 15 is 0 Å². The Hall–Kier alpha value is -1.06. The van der Waals surface area contributed by atoms with Gasteiger partial charge in [0.15, 0.2) is 0 Å². The van der Waals surface area contributed by atoms with Crippen molar-refractivity contribution < 1.29 is 5.11 Å². The van der Waals surface area contributed by atoms with Crippen molar-refractivity contribution in [3.63, 3.8) is 0 Å². The Morgan fingerprint density at radius 2 is 1.21 bits per heavy atom. The van der Waals surface area contributed by atoms with Crippen molar-refractivity contribution in [2.75, 3.05) is 0 Å². The minimum Gasteiger partial charge on any atom is -0.506 e. The maximum absolute atomic E-state index is 9.67. The lowest BCUT2D eigenvalue weighted by Crippen LogP contribution is -1.81. The van der Waals surface area contributed by atoms with E-state index in [9.17, 15) is 5.11 Å². The summed E-state index contributed by atoms with van der Waals surface area (Å²) in [4.78, 5) is 0. The molecule has 0 aromatic heterocycles. The molecule has 98 valence electrons. The van der Waals surface area contributed by atoms with Crippen molar-refractivity contribution in [3.05, 3.63) is 61.5 Å². The van der Waals surface area contributed by atoms with Crippen LogP contribution in [-0.4, -0.2) is 5.11 Å². The standard InChI is InChI=1S/C16H14Br2O/c1-10-5-11(2)7-12(6-10)3-4-13-8-14(17)16(19)15(18)9-13/h3-9,19H,1-2H3/b4-3+. The highest BCUT2D eigenvalue weighted by Crippen LogP contribution is 2.33. The molecule has 0 aliphatic heterocycles. The van der Waals surface area contributed by atoms with E-state index in [-0.39, 0.29) is 5.75 Å². The van der Waals surface area contributed by atoms with Gasteiger partial charge < -0.3 is 5.11 Å². The fourth-order valence-corrected chi connectivity index (χ4v) is 3.20. The van der Waals surface area contributed by atoms with Gasteiger partial charge in [-0.1, -0.05) is 41.5 Å². The van der Waals surface area contributed by atoms with Crippen molar-refractivity contribution >= 4 is 44.0 Å². The number of hydrogen-bond acceptors (Lipinski definition) is 1. The summed E-state index contributed by atoms with van der Waals surface area (Å²) in [6.07, 6.45) is 4.11. The Labute approximate surface area is 130 Å². The highest BCUT2D eigenvalue weighted by molar-refractivity contribution is 9.11. The summed E-state index contributed by atoms with van der Waals surface area (Å²) < 4.78 is 1.36. The zero-order valence-electron chi connectivity index (χ0n) is 10.7. The number of rotatable bonds is 2. The van der Waals surface area contributed by atoms with Crippen LogP contribution in [0, 0.1) is 13.8 Å². The molecule has 0 fully saturated rings. The highest BCUT2D eigenvalue weighted by Gasteiger charge is 2.04. The van der Waals surface area contributed by atoms with Crippen LogP contribution in [0.5, 0.6) is 5.75 Å². The molecule has 3 heteroatoms. The number of hydrogen-bond donors (Lipinski definition) is 1. The Morgan fingerprint density at radius 3 is 1.68 bits per heavy atom. The molecule has 0 heterocycles. The lowest BCUT2D eigenvalue weighted by Gasteiger charge is -2.03. The van der Waals surface area contributed by atoms with E-state index in [0.29, 0.717) is 8.95 Å². The first-order valence-corrected chi connectivity index (χ1v) is 7.49. The van der Waals surface area contributed by atoms with Crippen LogP contribution >= 0.6 is 31.9 Å². The number of aryl methyl sites for hydroxylation is 2. The molecule has 0 atom stereocenters. The lowest BCUT2D eigenvalue weighted by molar-refractivity contribution is 0.468. The quantitative estimate of drug-likeness (QED) is 0.661. The summed E-state index contributed by atoms with van der Waals surface area (Å²) in [5, 5.41) is 9.67. The fourth-order valence-electron chi connectivity index (χ4n) is 1.98. The number of aromatic hydroxyl groups is 1. The van der Waals surface area contributed by atoms with E-state index in [2.05, 4.69) is 70.0 Å². The van der Waals surface area contributed by atoms with Gasteiger partial charge in [0.1, 0.15) is 5.75 Å². The molecule has 19 heavy (non-hydrogen) atoms. The number of halogens is 2. The Kier molecular flexibility index (Phi) is 4.48. The van der Waals surface area contributed by atoms with Crippen LogP contribution in [0.3, 0.4) is 0 Å². The molecule has 0 saturated heterocycles. The van der Waals surface area contributed by atoms with Gasteiger partial charge >= 0.3 is 0 Å². The van der Waals surface area contributed by atoms with Crippen LogP contribution in [0.15, 0.2) is 39.3 Å². The zero-order chi connectivity index (χ0) is 14.0. The molecule has 2 aromatic rings. The van der Waals surface area contributed by atoms with Crippen LogP contribution in [0.4, 0.5) is 0 Å². The molecular formula is C16H14Br2O. The minimum atomic E-state index is 0.226. The van der Waals surface area contributed by atoms with Gasteiger partial charge in [-0.2, -0.15) is 0 Å². The predicted octanol–water partition coefficient (Wildman–Crippen LogP) is 5.70. The summed E-state index contributed by atoms with van der Waals surface area (Å²) in [7, 11) is 0. The van der Waals surface area contributed by atoms with E-state index in [4.69, 9.17) is 0 Å². The average Bonchev–Trinajstić information content (AvgIpc) is 2.32. The van der Waals surface area contributed by atoms with Crippen LogP contribution in [0.2, 0.25) is 0 Å². The van der Waals surface area contributed by atoms with Gasteiger partial charge in [-0.3, -0.25) is 0 Å². The monoisotopic (exact) mass is 380 g/mol. The van der Waals surface area contributed by atoms with Crippen LogP contribution in [-0.2, 0) is 0 Å². The van der Waals surface area contributed by atoms with Crippen molar-refractivity contribution in [2.45, 2.75) is 13.8 Å². The van der Waals surface area contributed by atoms with Gasteiger partial charge in [-0.25, -0.2) is 0 Å². The minimum absolute atomic E-state index is 0.226. The summed E-state index contributed by atoms with van der Waals surface area (Å²) in [5.74, 6) is 0.226. The third kappa shape index (κ3) is 3.71. The summed E-state index contributed by atoms with van der Waals surface area (Å²) in [6, 6.07) is 10.2. The Balaban J connectivity index is 2.32. The normalized spacial score (nSPS) is 11.2. The predicted molar refractivity (Wildman–Crippen MR) is 88.4 cm³/mol. The average molecular weight is 382 g/mol. The topological polar surface area (TPSA) is 20.2 Å². The van der Waals surface area contributed by atoms with Gasteiger partial charge in [0.25, 0.3) is 0 Å². The summed E-state index contributed by atoms with van der Waals surface area (Å²) >= 11 is 6.66. The van der Waals surface area contributed by atoms with Crippen LogP contribution < -0.4 is 0 Å². The van der Waals surface area contributed by atoms with Crippen molar-refractivity contribution in [1.82, 2.24) is 0 Å². The summed E-state index contributed by atoms with van der Waals surface area (Å²) in [6.45, 7) is 4.19. The maximum atomic E-state index is 9.67. The van der Waals surface area contributed by atoms with E-state index < -0.39 is 0 Å². The Bertz CT molecular complexity index is 602. The molecule has 0 aliphatic carbocycles. The van der Waals surface area contributed by atoms with Gasteiger partial charge in [0.05, 0.1) is 8.95 Å². The molecule has 2 aromatic carbocycles. The number of phenols is 1. The number of phenolic OH excluding ortho intramolecular Hbond substituents is 1. The SMILES string of the molecule is Cc1cc(C)cc(/C=C/c2cc(Br)c(O)c(Br)c2)c1. The first-order chi connectivity index (χ1) is 8.95. The first-order valence-electron chi connectivity index (χ1n) is 5.90. The van der Waals surface area contributed by atoms with Crippen molar-refractivity contribution in [1.29, 1.82) is 0 Å². The Morgan fingerprint density at radius 1 is 0.789 bits per heavy atom. The van der Waals surface area contributed by atoms with E-state index in [0.717, 1.165) is 5.56 Å². The molecule has 1 N–H and O–H groups in total. The molecule has 0 spiro atoms. The smallest absolute Gasteiger partial charge is 0.143 e. The van der Waals surface area contributed by atoms with E-state index in [1.54, 1.807) is 0 Å². The van der Waals surface area contributed by atoms with Gasteiger partial charge in [0, 0.05) is 0 Å². The van der Waals surface area contributed by atoms with Crippen molar-refractivity contribution in [2.24, 2.45) is 0 Å². The molecule has 2 rings (SSSR count). The molecular weight excluding hydrogens is 368 g/mol.